The van der Waals surface area contributed by atoms with Crippen molar-refractivity contribution in [2.75, 3.05) is 39.3 Å². The number of thiocarbonyl (C=S) groups is 1. The summed E-state index contributed by atoms with van der Waals surface area (Å²) in [5, 5.41) is 5.07. The molecule has 126 valence electrons. The van der Waals surface area contributed by atoms with Crippen LogP contribution < -0.4 is 10.2 Å². The summed E-state index contributed by atoms with van der Waals surface area (Å²) >= 11 is 11.6. The van der Waals surface area contributed by atoms with E-state index in [0.717, 1.165) is 62.4 Å². The van der Waals surface area contributed by atoms with E-state index >= 15 is 0 Å². The van der Waals surface area contributed by atoms with Crippen LogP contribution in [0.15, 0.2) is 24.3 Å². The quantitative estimate of drug-likeness (QED) is 0.792. The minimum atomic E-state index is 0.336. The summed E-state index contributed by atoms with van der Waals surface area (Å²) in [4.78, 5) is 3.87. The van der Waals surface area contributed by atoms with Gasteiger partial charge in [-0.15, -0.1) is 0 Å². The number of ether oxygens (including phenoxy) is 1. The molecule has 2 aliphatic heterocycles. The van der Waals surface area contributed by atoms with Crippen LogP contribution in [-0.2, 0) is 11.3 Å². The van der Waals surface area contributed by atoms with Crippen molar-refractivity contribution in [1.29, 1.82) is 0 Å². The molecule has 2 fully saturated rings. The molecule has 1 atom stereocenters. The molecule has 2 N–H and O–H groups in total. The number of quaternary nitrogens is 1. The van der Waals surface area contributed by atoms with Crippen molar-refractivity contribution < 1.29 is 9.64 Å². The normalized spacial score (nSPS) is 22.3. The number of hydrogen-bond acceptors (Lipinski definition) is 2. The second kappa shape index (κ2) is 8.29. The van der Waals surface area contributed by atoms with Gasteiger partial charge in [0.1, 0.15) is 6.54 Å². The molecular weight excluding hydrogens is 330 g/mol. The molecule has 23 heavy (non-hydrogen) atoms. The average Bonchev–Trinajstić information content (AvgIpc) is 3.07. The zero-order chi connectivity index (χ0) is 16.1. The van der Waals surface area contributed by atoms with E-state index in [-0.39, 0.29) is 0 Å². The van der Waals surface area contributed by atoms with E-state index in [4.69, 9.17) is 28.6 Å². The van der Waals surface area contributed by atoms with Crippen LogP contribution >= 0.6 is 23.8 Å². The summed E-state index contributed by atoms with van der Waals surface area (Å²) < 4.78 is 5.63. The van der Waals surface area contributed by atoms with Crippen molar-refractivity contribution in [1.82, 2.24) is 10.2 Å². The van der Waals surface area contributed by atoms with Gasteiger partial charge >= 0.3 is 0 Å². The highest BCUT2D eigenvalue weighted by molar-refractivity contribution is 7.80. The van der Waals surface area contributed by atoms with Gasteiger partial charge in [0.2, 0.25) is 0 Å². The van der Waals surface area contributed by atoms with Crippen LogP contribution in [0.2, 0.25) is 5.02 Å². The first kappa shape index (κ1) is 17.0. The summed E-state index contributed by atoms with van der Waals surface area (Å²) in [6, 6.07) is 8.17. The van der Waals surface area contributed by atoms with E-state index < -0.39 is 0 Å². The Morgan fingerprint density at radius 2 is 2.22 bits per heavy atom. The highest BCUT2D eigenvalue weighted by Crippen LogP contribution is 2.11. The lowest BCUT2D eigenvalue weighted by molar-refractivity contribution is -0.917. The third kappa shape index (κ3) is 5.05. The van der Waals surface area contributed by atoms with Gasteiger partial charge < -0.3 is 19.9 Å². The van der Waals surface area contributed by atoms with Crippen molar-refractivity contribution in [3.63, 3.8) is 0 Å². The molecule has 0 saturated carbocycles. The van der Waals surface area contributed by atoms with Crippen LogP contribution in [0.4, 0.5) is 0 Å². The minimum Gasteiger partial charge on any atom is -0.376 e. The second-order valence-corrected chi connectivity index (χ2v) is 7.19. The summed E-state index contributed by atoms with van der Waals surface area (Å²) in [6.45, 7) is 6.99. The first-order valence-electron chi connectivity index (χ1n) is 8.43. The third-order valence-electron chi connectivity index (χ3n) is 4.61. The van der Waals surface area contributed by atoms with Gasteiger partial charge in [-0.1, -0.05) is 23.7 Å². The lowest BCUT2D eigenvalue weighted by Gasteiger charge is -2.34. The molecule has 0 aromatic heterocycles. The lowest BCUT2D eigenvalue weighted by atomic mass is 10.2. The molecular formula is C17H25ClN3OS+. The van der Waals surface area contributed by atoms with Gasteiger partial charge in [-0.3, -0.25) is 0 Å². The molecule has 0 unspecified atom stereocenters. The highest BCUT2D eigenvalue weighted by atomic mass is 35.5. The smallest absolute Gasteiger partial charge is 0.169 e. The van der Waals surface area contributed by atoms with Gasteiger partial charge in [-0.05, 0) is 37.2 Å². The van der Waals surface area contributed by atoms with E-state index in [0.29, 0.717) is 6.10 Å². The Labute approximate surface area is 148 Å². The first-order valence-corrected chi connectivity index (χ1v) is 9.22. The predicted molar refractivity (Wildman–Crippen MR) is 97.0 cm³/mol. The molecule has 0 aliphatic carbocycles. The molecule has 0 radical (unpaired) electrons. The Bertz CT molecular complexity index is 528. The van der Waals surface area contributed by atoms with Crippen LogP contribution in [0, 0.1) is 0 Å². The lowest BCUT2D eigenvalue weighted by Crippen LogP contribution is -3.13. The Hall–Kier alpha value is -0.880. The number of nitrogens with one attached hydrogen (secondary N) is 2. The fourth-order valence-corrected chi connectivity index (χ4v) is 3.74. The number of hydrogen-bond donors (Lipinski definition) is 2. The maximum Gasteiger partial charge on any atom is 0.169 e. The predicted octanol–water partition coefficient (Wildman–Crippen LogP) is 1.09. The van der Waals surface area contributed by atoms with Gasteiger partial charge in [-0.25, -0.2) is 0 Å². The van der Waals surface area contributed by atoms with Gasteiger partial charge in [-0.2, -0.15) is 0 Å². The van der Waals surface area contributed by atoms with Crippen molar-refractivity contribution in [3.8, 4) is 0 Å². The van der Waals surface area contributed by atoms with Gasteiger partial charge in [0.15, 0.2) is 5.11 Å². The van der Waals surface area contributed by atoms with Gasteiger partial charge in [0.05, 0.1) is 32.3 Å². The first-order chi connectivity index (χ1) is 11.2. The van der Waals surface area contributed by atoms with Crippen LogP contribution in [0.25, 0.3) is 0 Å². The molecule has 4 nitrogen and oxygen atoms in total. The number of nitrogens with zero attached hydrogens (tertiary/aromatic N) is 1. The molecule has 0 amide bonds. The van der Waals surface area contributed by atoms with Crippen molar-refractivity contribution in [2.45, 2.75) is 25.5 Å². The largest absolute Gasteiger partial charge is 0.376 e. The number of halogens is 1. The standard InChI is InChI=1S/C17H24ClN3OS/c18-15-4-1-3-14(11-15)13-20-6-8-21(9-7-20)17(23)19-12-16-5-2-10-22-16/h1,3-4,11,16H,2,5-10,12-13H2,(H,19,23)/p+1/t16-/m1/s1. The van der Waals surface area contributed by atoms with Crippen LogP contribution in [0.3, 0.4) is 0 Å². The van der Waals surface area contributed by atoms with Crippen molar-refractivity contribution >= 4 is 28.9 Å². The zero-order valence-electron chi connectivity index (χ0n) is 13.4. The molecule has 1 aromatic carbocycles. The topological polar surface area (TPSA) is 28.9 Å². The molecule has 3 rings (SSSR count). The summed E-state index contributed by atoms with van der Waals surface area (Å²) in [7, 11) is 0. The maximum absolute atomic E-state index is 6.06. The zero-order valence-corrected chi connectivity index (χ0v) is 15.0. The molecule has 0 bridgehead atoms. The minimum absolute atomic E-state index is 0.336. The summed E-state index contributed by atoms with van der Waals surface area (Å²) in [6.07, 6.45) is 2.65. The van der Waals surface area contributed by atoms with Gasteiger partial charge in [0, 0.05) is 23.7 Å². The number of benzene rings is 1. The van der Waals surface area contributed by atoms with E-state index in [9.17, 15) is 0 Å². The van der Waals surface area contributed by atoms with Gasteiger partial charge in [0.25, 0.3) is 0 Å². The Morgan fingerprint density at radius 1 is 1.39 bits per heavy atom. The Balaban J connectivity index is 1.40. The molecule has 2 heterocycles. The number of rotatable bonds is 4. The summed E-state index contributed by atoms with van der Waals surface area (Å²) in [5.74, 6) is 0. The van der Waals surface area contributed by atoms with Crippen molar-refractivity contribution in [2.24, 2.45) is 0 Å². The average molecular weight is 355 g/mol. The van der Waals surface area contributed by atoms with Crippen molar-refractivity contribution in [3.05, 3.63) is 34.9 Å². The van der Waals surface area contributed by atoms with E-state index in [2.05, 4.69) is 22.3 Å². The fraction of sp³-hybridized carbons (Fsp3) is 0.588. The molecule has 0 spiro atoms. The maximum atomic E-state index is 6.06. The third-order valence-corrected chi connectivity index (χ3v) is 5.24. The van der Waals surface area contributed by atoms with Crippen LogP contribution in [-0.4, -0.2) is 55.4 Å². The highest BCUT2D eigenvalue weighted by Gasteiger charge is 2.23. The number of piperazine rings is 1. The SMILES string of the molecule is S=C(NC[C@H]1CCCO1)N1CC[NH+](Cc2cccc(Cl)c2)CC1. The Kier molecular flexibility index (Phi) is 6.11. The molecule has 2 saturated heterocycles. The van der Waals surface area contributed by atoms with E-state index in [1.807, 2.05) is 12.1 Å². The van der Waals surface area contributed by atoms with E-state index in [1.165, 1.54) is 12.0 Å². The Morgan fingerprint density at radius 3 is 2.91 bits per heavy atom. The van der Waals surface area contributed by atoms with Crippen LogP contribution in [0.5, 0.6) is 0 Å². The monoisotopic (exact) mass is 354 g/mol. The van der Waals surface area contributed by atoms with E-state index in [1.54, 1.807) is 4.90 Å². The summed E-state index contributed by atoms with van der Waals surface area (Å²) in [5.41, 5.74) is 1.31. The molecule has 2 aliphatic rings. The second-order valence-electron chi connectivity index (χ2n) is 6.36. The fourth-order valence-electron chi connectivity index (χ4n) is 3.26. The molecule has 1 aromatic rings. The molecule has 6 heteroatoms. The van der Waals surface area contributed by atoms with Crippen LogP contribution in [0.1, 0.15) is 18.4 Å².